The molecule has 104 valence electrons. The van der Waals surface area contributed by atoms with Crippen molar-refractivity contribution in [2.75, 3.05) is 0 Å². The van der Waals surface area contributed by atoms with Gasteiger partial charge in [0.25, 0.3) is 5.91 Å². The summed E-state index contributed by atoms with van der Waals surface area (Å²) in [5.74, 6) is -0.176. The number of amides is 1. The van der Waals surface area contributed by atoms with Gasteiger partial charge in [0.2, 0.25) is 0 Å². The average Bonchev–Trinajstić information content (AvgIpc) is 2.75. The molecule has 1 saturated carbocycles. The fraction of sp³-hybridized carbons (Fsp3) is 0.571. The van der Waals surface area contributed by atoms with Crippen LogP contribution >= 0.6 is 0 Å². The lowest BCUT2D eigenvalue weighted by Crippen LogP contribution is -2.46. The maximum Gasteiger partial charge on any atom is 0.306 e. The van der Waals surface area contributed by atoms with Crippen molar-refractivity contribution in [1.29, 1.82) is 0 Å². The Bertz CT molecular complexity index is 464. The van der Waals surface area contributed by atoms with Crippen LogP contribution in [0, 0.1) is 5.92 Å². The number of carbonyl (C=O) groups excluding carboxylic acids is 1. The molecule has 1 aliphatic rings. The number of carbonyl (C=O) groups is 2. The van der Waals surface area contributed by atoms with Gasteiger partial charge < -0.3 is 14.8 Å². The summed E-state index contributed by atoms with van der Waals surface area (Å²) in [4.78, 5) is 22.6. The molecule has 1 amide bonds. The van der Waals surface area contributed by atoms with E-state index in [1.165, 1.54) is 0 Å². The van der Waals surface area contributed by atoms with E-state index in [9.17, 15) is 9.59 Å². The van der Waals surface area contributed by atoms with Gasteiger partial charge in [-0.25, -0.2) is 0 Å². The molecule has 2 N–H and O–H groups in total. The summed E-state index contributed by atoms with van der Waals surface area (Å²) >= 11 is 0. The van der Waals surface area contributed by atoms with Crippen molar-refractivity contribution in [2.45, 2.75) is 45.6 Å². The third-order valence-corrected chi connectivity index (χ3v) is 3.64. The number of hydrogen-bond acceptors (Lipinski definition) is 3. The van der Waals surface area contributed by atoms with Crippen molar-refractivity contribution < 1.29 is 19.1 Å². The monoisotopic (exact) mass is 265 g/mol. The standard InChI is InChI=1S/C14H19NO4/c1-3-8-7-12(19-11(8)4-2)13(16)15-10-5-9(6-10)14(17)18/h7,9-10H,3-6H2,1-2H3,(H,15,16)(H,17,18). The minimum atomic E-state index is -0.787. The van der Waals surface area contributed by atoms with Gasteiger partial charge >= 0.3 is 5.97 Å². The number of carboxylic acid groups (broad SMARTS) is 1. The summed E-state index contributed by atoms with van der Waals surface area (Å²) in [6.45, 7) is 4.01. The second-order valence-electron chi connectivity index (χ2n) is 4.94. The minimum Gasteiger partial charge on any atom is -0.481 e. The second-order valence-corrected chi connectivity index (χ2v) is 4.94. The van der Waals surface area contributed by atoms with Crippen molar-refractivity contribution in [3.05, 3.63) is 23.2 Å². The maximum absolute atomic E-state index is 12.0. The predicted molar refractivity (Wildman–Crippen MR) is 69.1 cm³/mol. The Kier molecular flexibility index (Phi) is 3.93. The maximum atomic E-state index is 12.0. The number of carboxylic acids is 1. The number of rotatable bonds is 5. The van der Waals surface area contributed by atoms with Crippen LogP contribution in [-0.2, 0) is 17.6 Å². The highest BCUT2D eigenvalue weighted by atomic mass is 16.4. The molecule has 1 heterocycles. The Morgan fingerprint density at radius 3 is 2.53 bits per heavy atom. The van der Waals surface area contributed by atoms with E-state index in [4.69, 9.17) is 9.52 Å². The van der Waals surface area contributed by atoms with E-state index < -0.39 is 5.97 Å². The average molecular weight is 265 g/mol. The molecule has 19 heavy (non-hydrogen) atoms. The summed E-state index contributed by atoms with van der Waals surface area (Å²) in [6.07, 6.45) is 2.61. The topological polar surface area (TPSA) is 79.5 Å². The highest BCUT2D eigenvalue weighted by molar-refractivity contribution is 5.92. The SMILES string of the molecule is CCc1cc(C(=O)NC2CC(C(=O)O)C2)oc1CC. The van der Waals surface area contributed by atoms with Crippen LogP contribution in [0.25, 0.3) is 0 Å². The molecule has 0 unspecified atom stereocenters. The molecular weight excluding hydrogens is 246 g/mol. The quantitative estimate of drug-likeness (QED) is 0.853. The minimum absolute atomic E-state index is 0.0474. The number of furan rings is 1. The van der Waals surface area contributed by atoms with E-state index in [2.05, 4.69) is 5.32 Å². The number of aliphatic carboxylic acids is 1. The number of nitrogens with one attached hydrogen (secondary N) is 1. The molecule has 2 rings (SSSR count). The van der Waals surface area contributed by atoms with Crippen LogP contribution in [0.4, 0.5) is 0 Å². The zero-order valence-electron chi connectivity index (χ0n) is 11.2. The Morgan fingerprint density at radius 1 is 1.37 bits per heavy atom. The van der Waals surface area contributed by atoms with Gasteiger partial charge in [0.1, 0.15) is 5.76 Å². The normalized spacial score (nSPS) is 21.8. The lowest BCUT2D eigenvalue weighted by molar-refractivity contribution is -0.145. The molecule has 1 aliphatic carbocycles. The van der Waals surface area contributed by atoms with Crippen LogP contribution in [0.1, 0.15) is 48.6 Å². The van der Waals surface area contributed by atoms with E-state index in [1.54, 1.807) is 6.07 Å². The Morgan fingerprint density at radius 2 is 2.05 bits per heavy atom. The van der Waals surface area contributed by atoms with E-state index in [0.29, 0.717) is 18.6 Å². The Hall–Kier alpha value is -1.78. The van der Waals surface area contributed by atoms with Crippen LogP contribution in [0.15, 0.2) is 10.5 Å². The molecular formula is C14H19NO4. The number of aryl methyl sites for hydroxylation is 2. The van der Waals surface area contributed by atoms with Gasteiger partial charge in [0.15, 0.2) is 5.76 Å². The molecule has 1 aromatic heterocycles. The highest BCUT2D eigenvalue weighted by Gasteiger charge is 2.35. The van der Waals surface area contributed by atoms with Crippen LogP contribution in [-0.4, -0.2) is 23.0 Å². The van der Waals surface area contributed by atoms with Crippen molar-refractivity contribution in [3.8, 4) is 0 Å². The molecule has 5 heteroatoms. The fourth-order valence-corrected chi connectivity index (χ4v) is 2.37. The molecule has 0 spiro atoms. The van der Waals surface area contributed by atoms with Crippen molar-refractivity contribution in [1.82, 2.24) is 5.32 Å². The molecule has 5 nitrogen and oxygen atoms in total. The van der Waals surface area contributed by atoms with Crippen molar-refractivity contribution in [3.63, 3.8) is 0 Å². The van der Waals surface area contributed by atoms with E-state index >= 15 is 0 Å². The fourth-order valence-electron chi connectivity index (χ4n) is 2.37. The predicted octanol–water partition coefficient (Wildman–Crippen LogP) is 2.00. The summed E-state index contributed by atoms with van der Waals surface area (Å²) < 4.78 is 5.53. The molecule has 0 aromatic carbocycles. The van der Waals surface area contributed by atoms with Crippen molar-refractivity contribution in [2.24, 2.45) is 5.92 Å². The lowest BCUT2D eigenvalue weighted by atomic mass is 9.80. The summed E-state index contributed by atoms with van der Waals surface area (Å²) in [5.41, 5.74) is 1.06. The molecule has 0 saturated heterocycles. The zero-order valence-corrected chi connectivity index (χ0v) is 11.2. The Balaban J connectivity index is 1.94. The zero-order chi connectivity index (χ0) is 14.0. The van der Waals surface area contributed by atoms with Crippen LogP contribution < -0.4 is 5.32 Å². The summed E-state index contributed by atoms with van der Waals surface area (Å²) in [7, 11) is 0. The van der Waals surface area contributed by atoms with Crippen LogP contribution in [0.3, 0.4) is 0 Å². The van der Waals surface area contributed by atoms with Crippen LogP contribution in [0.2, 0.25) is 0 Å². The van der Waals surface area contributed by atoms with E-state index in [0.717, 1.165) is 24.2 Å². The van der Waals surface area contributed by atoms with Crippen LogP contribution in [0.5, 0.6) is 0 Å². The van der Waals surface area contributed by atoms with Gasteiger partial charge in [-0.05, 0) is 30.9 Å². The molecule has 0 aliphatic heterocycles. The van der Waals surface area contributed by atoms with Gasteiger partial charge in [-0.3, -0.25) is 9.59 Å². The first-order chi connectivity index (χ1) is 9.05. The molecule has 1 fully saturated rings. The molecule has 0 radical (unpaired) electrons. The summed E-state index contributed by atoms with van der Waals surface area (Å²) in [6, 6.07) is 1.73. The first kappa shape index (κ1) is 13.6. The first-order valence-electron chi connectivity index (χ1n) is 6.70. The second kappa shape index (κ2) is 5.47. The van der Waals surface area contributed by atoms with E-state index in [1.807, 2.05) is 13.8 Å². The third-order valence-electron chi connectivity index (χ3n) is 3.64. The largest absolute Gasteiger partial charge is 0.481 e. The Labute approximate surface area is 112 Å². The van der Waals surface area contributed by atoms with Gasteiger partial charge in [-0.15, -0.1) is 0 Å². The molecule has 1 aromatic rings. The first-order valence-corrected chi connectivity index (χ1v) is 6.70. The lowest BCUT2D eigenvalue weighted by Gasteiger charge is -2.32. The van der Waals surface area contributed by atoms with Gasteiger partial charge in [-0.1, -0.05) is 13.8 Å². The number of hydrogen-bond donors (Lipinski definition) is 2. The van der Waals surface area contributed by atoms with Crippen molar-refractivity contribution >= 4 is 11.9 Å². The molecule has 0 bridgehead atoms. The van der Waals surface area contributed by atoms with Gasteiger partial charge in [0, 0.05) is 12.5 Å². The highest BCUT2D eigenvalue weighted by Crippen LogP contribution is 2.28. The van der Waals surface area contributed by atoms with Gasteiger partial charge in [0.05, 0.1) is 5.92 Å². The van der Waals surface area contributed by atoms with E-state index in [-0.39, 0.29) is 17.9 Å². The smallest absolute Gasteiger partial charge is 0.306 e. The third kappa shape index (κ3) is 2.80. The molecule has 0 atom stereocenters. The van der Waals surface area contributed by atoms with Gasteiger partial charge in [-0.2, -0.15) is 0 Å². The summed E-state index contributed by atoms with van der Waals surface area (Å²) in [5, 5.41) is 11.6.